The average Bonchev–Trinajstić information content (AvgIpc) is 2.13. The first-order valence-electron chi connectivity index (χ1n) is 4.17. The lowest BCUT2D eigenvalue weighted by Gasteiger charge is -2.37. The number of hydrogen-bond donors (Lipinski definition) is 0. The minimum absolute atomic E-state index is 0.166. The Hall–Kier alpha value is -0.950. The van der Waals surface area contributed by atoms with Gasteiger partial charge in [-0.15, -0.1) is 0 Å². The van der Waals surface area contributed by atoms with E-state index >= 15 is 0 Å². The Bertz CT molecular complexity index is 450. The van der Waals surface area contributed by atoms with Crippen LogP contribution in [0.1, 0.15) is 5.56 Å². The van der Waals surface area contributed by atoms with Gasteiger partial charge in [-0.25, -0.2) is 0 Å². The quantitative estimate of drug-likeness (QED) is 0.666. The van der Waals surface area contributed by atoms with Crippen LogP contribution in [0, 0.1) is 0 Å². The van der Waals surface area contributed by atoms with Crippen molar-refractivity contribution in [2.45, 2.75) is 0 Å². The summed E-state index contributed by atoms with van der Waals surface area (Å²) < 4.78 is 65.3. The van der Waals surface area contributed by atoms with Crippen LogP contribution in [-0.2, 0) is 0 Å². The Morgan fingerprint density at radius 1 is 1.12 bits per heavy atom. The van der Waals surface area contributed by atoms with Crippen molar-refractivity contribution >= 4 is 26.9 Å². The lowest BCUT2D eigenvalue weighted by molar-refractivity contribution is 0.385. The zero-order valence-electron chi connectivity index (χ0n) is 8.47. The molecule has 8 heteroatoms. The SMILES string of the molecule is COc1ccc(/C(Cl)=C\S(F)(F)(F)(F)F)cc1. The van der Waals surface area contributed by atoms with Crippen LogP contribution in [0.3, 0.4) is 0 Å². The molecule has 1 aromatic rings. The molecule has 1 aromatic carbocycles. The molecule has 0 bridgehead atoms. The average molecular weight is 295 g/mol. The summed E-state index contributed by atoms with van der Waals surface area (Å²) in [5, 5.41) is -2.18. The maximum atomic E-state index is 12.1. The molecule has 0 atom stereocenters. The van der Waals surface area contributed by atoms with E-state index in [0.717, 1.165) is 12.1 Å². The Morgan fingerprint density at radius 3 is 1.94 bits per heavy atom. The lowest BCUT2D eigenvalue weighted by Crippen LogP contribution is -2.00. The van der Waals surface area contributed by atoms with Crippen molar-refractivity contribution in [3.63, 3.8) is 0 Å². The molecule has 0 N–H and O–H groups in total. The van der Waals surface area contributed by atoms with Gasteiger partial charge in [-0.3, -0.25) is 0 Å². The summed E-state index contributed by atoms with van der Waals surface area (Å²) in [4.78, 5) is 0. The van der Waals surface area contributed by atoms with Gasteiger partial charge in [0.2, 0.25) is 0 Å². The summed E-state index contributed by atoms with van der Waals surface area (Å²) in [6.45, 7) is 0. The predicted octanol–water partition coefficient (Wildman–Crippen LogP) is 5.53. The van der Waals surface area contributed by atoms with Gasteiger partial charge in [0.15, 0.2) is 0 Å². The van der Waals surface area contributed by atoms with E-state index in [-0.39, 0.29) is 5.56 Å². The molecular weight excluding hydrogens is 287 g/mol. The largest absolute Gasteiger partial charge is 0.497 e. The molecule has 17 heavy (non-hydrogen) atoms. The monoisotopic (exact) mass is 294 g/mol. The number of benzene rings is 1. The van der Waals surface area contributed by atoms with Crippen LogP contribution in [0.15, 0.2) is 29.7 Å². The molecule has 0 saturated carbocycles. The zero-order chi connectivity index (χ0) is 13.4. The van der Waals surface area contributed by atoms with Gasteiger partial charge in [-0.05, 0) is 29.8 Å². The number of methoxy groups -OCH3 is 1. The fraction of sp³-hybridized carbons (Fsp3) is 0.111. The van der Waals surface area contributed by atoms with Crippen molar-refractivity contribution in [2.24, 2.45) is 0 Å². The van der Waals surface area contributed by atoms with Crippen molar-refractivity contribution < 1.29 is 24.2 Å². The molecule has 0 radical (unpaired) electrons. The van der Waals surface area contributed by atoms with Crippen LogP contribution in [-0.4, -0.2) is 7.11 Å². The molecule has 0 heterocycles. The fourth-order valence-corrected chi connectivity index (χ4v) is 2.17. The number of ether oxygens (including phenoxy) is 1. The number of halogens is 6. The molecule has 0 amide bonds. The summed E-state index contributed by atoms with van der Waals surface area (Å²) in [6.07, 6.45) is 0. The highest BCUT2D eigenvalue weighted by Crippen LogP contribution is 2.99. The highest BCUT2D eigenvalue weighted by molar-refractivity contribution is 8.48. The summed E-state index contributed by atoms with van der Waals surface area (Å²) in [6, 6.07) is 4.94. The van der Waals surface area contributed by atoms with Crippen LogP contribution in [0.25, 0.3) is 5.03 Å². The third-order valence-electron chi connectivity index (χ3n) is 1.69. The fourth-order valence-electron chi connectivity index (χ4n) is 1.01. The van der Waals surface area contributed by atoms with Gasteiger partial charge in [0.25, 0.3) is 0 Å². The highest BCUT2D eigenvalue weighted by atomic mass is 35.5. The molecule has 0 aromatic heterocycles. The van der Waals surface area contributed by atoms with Gasteiger partial charge in [0, 0.05) is 0 Å². The van der Waals surface area contributed by atoms with Crippen LogP contribution >= 0.6 is 21.8 Å². The third kappa shape index (κ3) is 5.27. The second-order valence-electron chi connectivity index (χ2n) is 3.22. The van der Waals surface area contributed by atoms with E-state index in [2.05, 4.69) is 0 Å². The van der Waals surface area contributed by atoms with Crippen molar-refractivity contribution in [1.82, 2.24) is 0 Å². The number of rotatable bonds is 3. The van der Waals surface area contributed by atoms with Crippen molar-refractivity contribution in [3.05, 3.63) is 35.2 Å². The van der Waals surface area contributed by atoms with E-state index in [9.17, 15) is 19.4 Å². The van der Waals surface area contributed by atoms with Gasteiger partial charge < -0.3 is 4.74 Å². The Labute approximate surface area is 99.6 Å². The first-order chi connectivity index (χ1) is 7.40. The number of hydrogen-bond acceptors (Lipinski definition) is 1. The van der Waals surface area contributed by atoms with Crippen LogP contribution in [0.5, 0.6) is 5.75 Å². The van der Waals surface area contributed by atoms with E-state index in [1.165, 1.54) is 19.2 Å². The molecule has 0 aliphatic carbocycles. The van der Waals surface area contributed by atoms with Gasteiger partial charge in [0.05, 0.1) is 17.6 Å². The van der Waals surface area contributed by atoms with Crippen molar-refractivity contribution in [2.75, 3.05) is 7.11 Å². The van der Waals surface area contributed by atoms with E-state index in [0.29, 0.717) is 5.75 Å². The summed E-state index contributed by atoms with van der Waals surface area (Å²) in [5.41, 5.74) is -0.166. The van der Waals surface area contributed by atoms with Crippen LogP contribution in [0.2, 0.25) is 0 Å². The Morgan fingerprint density at radius 2 is 1.59 bits per heavy atom. The van der Waals surface area contributed by atoms with Crippen molar-refractivity contribution in [1.29, 1.82) is 0 Å². The molecule has 0 unspecified atom stereocenters. The second kappa shape index (κ2) is 3.52. The normalized spacial score (nSPS) is 17.2. The molecule has 0 fully saturated rings. The minimum atomic E-state index is -9.65. The summed E-state index contributed by atoms with van der Waals surface area (Å²) in [5.74, 6) is 0.380. The van der Waals surface area contributed by atoms with Crippen LogP contribution < -0.4 is 4.74 Å². The van der Waals surface area contributed by atoms with Gasteiger partial charge in [-0.1, -0.05) is 31.0 Å². The third-order valence-corrected chi connectivity index (χ3v) is 2.83. The minimum Gasteiger partial charge on any atom is -0.497 e. The highest BCUT2D eigenvalue weighted by Gasteiger charge is 2.61. The standard InChI is InChI=1S/C9H8ClF5OS/c1-16-8-4-2-7(3-5-8)9(10)6-17(11,12,13,14)15/h2-6H,1H3/b9-6+. The maximum Gasteiger partial charge on any atom is 0.305 e. The van der Waals surface area contributed by atoms with Gasteiger partial charge in [-0.2, -0.15) is 0 Å². The maximum absolute atomic E-state index is 12.1. The molecule has 0 spiro atoms. The van der Waals surface area contributed by atoms with E-state index in [1.807, 2.05) is 0 Å². The van der Waals surface area contributed by atoms with E-state index < -0.39 is 20.7 Å². The predicted molar refractivity (Wildman–Crippen MR) is 60.0 cm³/mol. The molecular formula is C9H8ClF5OS. The topological polar surface area (TPSA) is 9.23 Å². The molecule has 1 nitrogen and oxygen atoms in total. The molecule has 0 saturated heterocycles. The first-order valence-corrected chi connectivity index (χ1v) is 6.56. The van der Waals surface area contributed by atoms with Gasteiger partial charge >= 0.3 is 10.2 Å². The lowest BCUT2D eigenvalue weighted by atomic mass is 10.2. The molecule has 1 rings (SSSR count). The summed E-state index contributed by atoms with van der Waals surface area (Å²) >= 11 is 5.22. The second-order valence-corrected chi connectivity index (χ2v) is 5.92. The molecule has 0 aliphatic rings. The zero-order valence-corrected chi connectivity index (χ0v) is 10.0. The van der Waals surface area contributed by atoms with E-state index in [4.69, 9.17) is 16.3 Å². The Kier molecular flexibility index (Phi) is 2.92. The molecule has 0 aliphatic heterocycles. The molecule has 98 valence electrons. The van der Waals surface area contributed by atoms with Crippen LogP contribution in [0.4, 0.5) is 19.4 Å². The van der Waals surface area contributed by atoms with E-state index in [1.54, 1.807) is 0 Å². The first kappa shape index (κ1) is 14.1. The van der Waals surface area contributed by atoms with Crippen molar-refractivity contribution in [3.8, 4) is 5.75 Å². The van der Waals surface area contributed by atoms with Gasteiger partial charge in [0.1, 0.15) is 5.75 Å². The smallest absolute Gasteiger partial charge is 0.305 e. The Balaban J connectivity index is 3.14. The summed E-state index contributed by atoms with van der Waals surface area (Å²) in [7, 11) is -8.28.